The maximum atomic E-state index is 11.7. The molecule has 0 aromatic carbocycles. The third-order valence-corrected chi connectivity index (χ3v) is 5.94. The Bertz CT molecular complexity index is 343. The summed E-state index contributed by atoms with van der Waals surface area (Å²) in [7, 11) is 2.23. The lowest BCUT2D eigenvalue weighted by atomic mass is 9.57. The molecule has 0 spiro atoms. The average molecular weight is 240 g/mol. The summed E-state index contributed by atoms with van der Waals surface area (Å²) in [4.78, 5) is 11.7. The molecule has 1 aliphatic heterocycles. The van der Waals surface area contributed by atoms with Gasteiger partial charge in [-0.3, -0.25) is 4.79 Å². The van der Waals surface area contributed by atoms with Crippen molar-refractivity contribution in [1.29, 1.82) is 0 Å². The third-order valence-electron chi connectivity index (χ3n) is 5.94. The Morgan fingerprint density at radius 1 is 1.47 bits per heavy atom. The van der Waals surface area contributed by atoms with Crippen molar-refractivity contribution in [2.75, 3.05) is 20.1 Å². The summed E-state index contributed by atoms with van der Waals surface area (Å²) in [6.45, 7) is 8.59. The van der Waals surface area contributed by atoms with E-state index in [0.29, 0.717) is 25.0 Å². The first-order valence-electron chi connectivity index (χ1n) is 6.86. The van der Waals surface area contributed by atoms with Gasteiger partial charge in [0.05, 0.1) is 20.1 Å². The van der Waals surface area contributed by atoms with E-state index in [1.54, 1.807) is 0 Å². The first-order chi connectivity index (χ1) is 7.77. The molecule has 0 amide bonds. The van der Waals surface area contributed by atoms with E-state index in [1.165, 1.54) is 0 Å². The zero-order valence-electron chi connectivity index (χ0n) is 11.6. The molecule has 17 heavy (non-hydrogen) atoms. The van der Waals surface area contributed by atoms with Gasteiger partial charge in [-0.15, -0.1) is 0 Å². The molecule has 1 heterocycles. The van der Waals surface area contributed by atoms with Crippen LogP contribution in [0.2, 0.25) is 0 Å². The molecule has 0 radical (unpaired) electrons. The molecule has 3 nitrogen and oxygen atoms in total. The Kier molecular flexibility index (Phi) is 2.91. The lowest BCUT2D eigenvalue weighted by Crippen LogP contribution is -2.72. The van der Waals surface area contributed by atoms with E-state index in [2.05, 4.69) is 27.8 Å². The van der Waals surface area contributed by atoms with Gasteiger partial charge in [-0.25, -0.2) is 0 Å². The Balaban J connectivity index is 2.36. The van der Waals surface area contributed by atoms with Crippen molar-refractivity contribution in [2.45, 2.75) is 58.1 Å². The fourth-order valence-corrected chi connectivity index (χ4v) is 3.97. The molecular formula is C14H26NO2+. The van der Waals surface area contributed by atoms with E-state index in [1.807, 2.05) is 0 Å². The molecular weight excluding hydrogens is 214 g/mol. The summed E-state index contributed by atoms with van der Waals surface area (Å²) in [5.74, 6) is 0.331. The highest BCUT2D eigenvalue weighted by Crippen LogP contribution is 2.52. The number of likely N-dealkylation sites (tertiary alicyclic amines) is 1. The van der Waals surface area contributed by atoms with Gasteiger partial charge in [0.15, 0.2) is 0 Å². The van der Waals surface area contributed by atoms with Gasteiger partial charge in [0.25, 0.3) is 0 Å². The Morgan fingerprint density at radius 3 is 2.71 bits per heavy atom. The zero-order valence-corrected chi connectivity index (χ0v) is 11.6. The smallest absolute Gasteiger partial charge is 0.133 e. The number of hydrogen-bond donors (Lipinski definition) is 1. The minimum atomic E-state index is -0.663. The van der Waals surface area contributed by atoms with Crippen molar-refractivity contribution in [3.05, 3.63) is 0 Å². The van der Waals surface area contributed by atoms with Gasteiger partial charge >= 0.3 is 0 Å². The summed E-state index contributed by atoms with van der Waals surface area (Å²) in [6, 6.07) is 0.222. The SMILES string of the molecule is CC[N+]1(C)CCC2(C)CC(=O)CCC2(O)C1C. The number of rotatable bonds is 1. The molecule has 1 saturated heterocycles. The highest BCUT2D eigenvalue weighted by molar-refractivity contribution is 5.80. The van der Waals surface area contributed by atoms with Crippen LogP contribution in [-0.4, -0.2) is 47.2 Å². The maximum absolute atomic E-state index is 11.7. The van der Waals surface area contributed by atoms with Gasteiger partial charge in [-0.1, -0.05) is 6.92 Å². The second-order valence-electron chi connectivity index (χ2n) is 6.65. The van der Waals surface area contributed by atoms with E-state index in [0.717, 1.165) is 24.0 Å². The molecule has 0 aromatic rings. The number of nitrogens with zero attached hydrogens (tertiary/aromatic N) is 1. The molecule has 2 aliphatic rings. The number of carbonyl (C=O) groups excluding carboxylic acids is 1. The average Bonchev–Trinajstić information content (AvgIpc) is 2.29. The van der Waals surface area contributed by atoms with E-state index < -0.39 is 5.60 Å². The van der Waals surface area contributed by atoms with Crippen LogP contribution in [0.4, 0.5) is 0 Å². The summed E-state index contributed by atoms with van der Waals surface area (Å²) < 4.78 is 0.931. The standard InChI is InChI=1S/C14H26NO2/c1-5-15(4)9-8-13(3)10-12(16)6-7-14(13,17)11(15)2/h11,17H,5-10H2,1-4H3/q+1. The maximum Gasteiger partial charge on any atom is 0.133 e. The summed E-state index contributed by atoms with van der Waals surface area (Å²) in [6.07, 6.45) is 2.74. The van der Waals surface area contributed by atoms with E-state index >= 15 is 0 Å². The van der Waals surface area contributed by atoms with Crippen LogP contribution in [-0.2, 0) is 4.79 Å². The molecule has 98 valence electrons. The molecule has 1 saturated carbocycles. The second-order valence-corrected chi connectivity index (χ2v) is 6.65. The summed E-state index contributed by atoms with van der Waals surface area (Å²) in [5, 5.41) is 11.1. The van der Waals surface area contributed by atoms with Gasteiger partial charge in [0.2, 0.25) is 0 Å². The van der Waals surface area contributed by atoms with Crippen molar-refractivity contribution < 1.29 is 14.4 Å². The van der Waals surface area contributed by atoms with Gasteiger partial charge < -0.3 is 9.59 Å². The van der Waals surface area contributed by atoms with Gasteiger partial charge in [-0.05, 0) is 20.3 Å². The first kappa shape index (κ1) is 13.0. The van der Waals surface area contributed by atoms with E-state index in [4.69, 9.17) is 0 Å². The Morgan fingerprint density at radius 2 is 2.12 bits per heavy atom. The number of fused-ring (bicyclic) bond motifs is 1. The highest BCUT2D eigenvalue weighted by atomic mass is 16.3. The van der Waals surface area contributed by atoms with Crippen molar-refractivity contribution >= 4 is 5.78 Å². The monoisotopic (exact) mass is 240 g/mol. The van der Waals surface area contributed by atoms with E-state index in [9.17, 15) is 9.90 Å². The number of carbonyl (C=O) groups is 1. The Hall–Kier alpha value is -0.410. The van der Waals surface area contributed by atoms with Crippen LogP contribution >= 0.6 is 0 Å². The Labute approximate surface area is 104 Å². The predicted octanol–water partition coefficient (Wildman–Crippen LogP) is 1.74. The van der Waals surface area contributed by atoms with E-state index in [-0.39, 0.29) is 11.5 Å². The molecule has 0 bridgehead atoms. The van der Waals surface area contributed by atoms with Gasteiger partial charge in [-0.2, -0.15) is 0 Å². The van der Waals surface area contributed by atoms with Crippen LogP contribution in [0.1, 0.15) is 46.5 Å². The fourth-order valence-electron chi connectivity index (χ4n) is 3.97. The number of piperidine rings is 1. The molecule has 4 unspecified atom stereocenters. The first-order valence-corrected chi connectivity index (χ1v) is 6.86. The molecule has 2 rings (SSSR count). The van der Waals surface area contributed by atoms with Crippen molar-refractivity contribution in [3.63, 3.8) is 0 Å². The quantitative estimate of drug-likeness (QED) is 0.709. The molecule has 3 heteroatoms. The van der Waals surface area contributed by atoms with Crippen LogP contribution in [0.5, 0.6) is 0 Å². The van der Waals surface area contributed by atoms with Crippen LogP contribution < -0.4 is 0 Å². The van der Waals surface area contributed by atoms with Crippen molar-refractivity contribution in [1.82, 2.24) is 0 Å². The van der Waals surface area contributed by atoms with Gasteiger partial charge in [0.1, 0.15) is 17.4 Å². The number of ketones is 1. The summed E-state index contributed by atoms with van der Waals surface area (Å²) in [5.41, 5.74) is -0.862. The minimum absolute atomic E-state index is 0.200. The fraction of sp³-hybridized carbons (Fsp3) is 0.929. The second kappa shape index (κ2) is 3.79. The van der Waals surface area contributed by atoms with Crippen LogP contribution in [0, 0.1) is 5.41 Å². The predicted molar refractivity (Wildman–Crippen MR) is 67.6 cm³/mol. The van der Waals surface area contributed by atoms with Crippen LogP contribution in [0.25, 0.3) is 0 Å². The molecule has 1 aliphatic carbocycles. The molecule has 4 atom stereocenters. The van der Waals surface area contributed by atoms with Crippen LogP contribution in [0.15, 0.2) is 0 Å². The minimum Gasteiger partial charge on any atom is -0.383 e. The lowest BCUT2D eigenvalue weighted by molar-refractivity contribution is -0.946. The number of likely N-dealkylation sites (N-methyl/N-ethyl adjacent to an activating group) is 1. The van der Waals surface area contributed by atoms with Crippen molar-refractivity contribution in [3.8, 4) is 0 Å². The normalized spacial score (nSPS) is 51.1. The largest absolute Gasteiger partial charge is 0.383 e. The molecule has 2 fully saturated rings. The molecule has 0 aromatic heterocycles. The zero-order chi connectivity index (χ0) is 12.9. The summed E-state index contributed by atoms with van der Waals surface area (Å²) >= 11 is 0. The van der Waals surface area contributed by atoms with Crippen molar-refractivity contribution in [2.24, 2.45) is 5.41 Å². The lowest BCUT2D eigenvalue weighted by Gasteiger charge is -2.60. The number of hydrogen-bond acceptors (Lipinski definition) is 2. The number of aliphatic hydroxyl groups is 1. The number of Topliss-reactive ketones (excluding diaryl/α,β-unsaturated/α-hetero) is 1. The number of quaternary nitrogens is 1. The molecule has 1 N–H and O–H groups in total. The highest BCUT2D eigenvalue weighted by Gasteiger charge is 2.62. The van der Waals surface area contributed by atoms with Crippen LogP contribution in [0.3, 0.4) is 0 Å². The topological polar surface area (TPSA) is 37.3 Å². The third kappa shape index (κ3) is 1.66. The van der Waals surface area contributed by atoms with Gasteiger partial charge in [0, 0.05) is 24.7 Å².